The second kappa shape index (κ2) is 7.42. The van der Waals surface area contributed by atoms with Crippen LogP contribution in [0, 0.1) is 0 Å². The first-order valence-electron chi connectivity index (χ1n) is 10.2. The maximum absolute atomic E-state index is 12.4. The van der Waals surface area contributed by atoms with E-state index >= 15 is 0 Å². The fraction of sp³-hybridized carbons (Fsp3) is 0.273. The van der Waals surface area contributed by atoms with Crippen molar-refractivity contribution in [2.24, 2.45) is 0 Å². The van der Waals surface area contributed by atoms with Crippen molar-refractivity contribution in [1.82, 2.24) is 24.1 Å². The molecule has 9 heteroatoms. The average molecular weight is 435 g/mol. The summed E-state index contributed by atoms with van der Waals surface area (Å²) < 4.78 is 25.8. The number of aromatic nitrogens is 5. The van der Waals surface area contributed by atoms with Crippen molar-refractivity contribution in [3.63, 3.8) is 0 Å². The molecule has 1 N–H and O–H groups in total. The van der Waals surface area contributed by atoms with E-state index in [2.05, 4.69) is 45.3 Å². The van der Waals surface area contributed by atoms with Crippen molar-refractivity contribution in [2.45, 2.75) is 37.9 Å². The highest BCUT2D eigenvalue weighted by atomic mass is 32.2. The summed E-state index contributed by atoms with van der Waals surface area (Å²) in [6.07, 6.45) is 7.78. The zero-order valence-electron chi connectivity index (χ0n) is 17.2. The fourth-order valence-corrected chi connectivity index (χ4v) is 5.02. The largest absolute Gasteiger partial charge is 0.325 e. The average Bonchev–Trinajstić information content (AvgIpc) is 3.50. The monoisotopic (exact) mass is 434 g/mol. The summed E-state index contributed by atoms with van der Waals surface area (Å²) in [7, 11) is -3.42. The van der Waals surface area contributed by atoms with E-state index in [0.29, 0.717) is 41.8 Å². The van der Waals surface area contributed by atoms with E-state index in [1.807, 2.05) is 24.4 Å². The Bertz CT molecular complexity index is 1380. The van der Waals surface area contributed by atoms with Crippen LogP contribution >= 0.6 is 0 Å². The van der Waals surface area contributed by atoms with Gasteiger partial charge >= 0.3 is 0 Å². The van der Waals surface area contributed by atoms with Gasteiger partial charge in [0, 0.05) is 17.8 Å². The highest BCUT2D eigenvalue weighted by Crippen LogP contribution is 2.30. The van der Waals surface area contributed by atoms with Gasteiger partial charge in [0.25, 0.3) is 10.0 Å². The van der Waals surface area contributed by atoms with Gasteiger partial charge in [0.15, 0.2) is 5.82 Å². The fourth-order valence-electron chi connectivity index (χ4n) is 3.54. The van der Waals surface area contributed by atoms with Gasteiger partial charge in [0.2, 0.25) is 0 Å². The third-order valence-electron chi connectivity index (χ3n) is 5.36. The first-order chi connectivity index (χ1) is 14.9. The molecule has 0 atom stereocenters. The first kappa shape index (κ1) is 19.6. The summed E-state index contributed by atoms with van der Waals surface area (Å²) in [6.45, 7) is 4.34. The van der Waals surface area contributed by atoms with E-state index in [1.165, 1.54) is 18.0 Å². The second-order valence-electron chi connectivity index (χ2n) is 8.03. The van der Waals surface area contributed by atoms with Crippen LogP contribution in [0.15, 0.2) is 55.1 Å². The Morgan fingerprint density at radius 1 is 1.10 bits per heavy atom. The van der Waals surface area contributed by atoms with E-state index in [9.17, 15) is 8.42 Å². The maximum Gasteiger partial charge on any atom is 0.256 e. The predicted molar refractivity (Wildman–Crippen MR) is 120 cm³/mol. The summed E-state index contributed by atoms with van der Waals surface area (Å²) in [5.41, 5.74) is 1.80. The van der Waals surface area contributed by atoms with Crippen LogP contribution in [0.5, 0.6) is 0 Å². The lowest BCUT2D eigenvalue weighted by Crippen LogP contribution is -2.17. The molecule has 3 aromatic heterocycles. The van der Waals surface area contributed by atoms with E-state index in [-0.39, 0.29) is 5.25 Å². The standard InChI is InChI=1S/C22H22N6O2S/c1-14(2)18-5-3-4-15-11-24-21(10-19(15)18)26-20-8-9-23-22(27-20)16-12-25-28(13-16)31(29,30)17-6-7-17/h3-5,8-14,17H,6-7H2,1-2H3,(H,23,24,26,27). The molecule has 31 heavy (non-hydrogen) atoms. The molecule has 0 radical (unpaired) electrons. The minimum Gasteiger partial charge on any atom is -0.325 e. The van der Waals surface area contributed by atoms with Crippen LogP contribution in [0.25, 0.3) is 22.2 Å². The summed E-state index contributed by atoms with van der Waals surface area (Å²) >= 11 is 0. The molecular weight excluding hydrogens is 412 g/mol. The Labute approximate surface area is 180 Å². The Hall–Kier alpha value is -3.33. The lowest BCUT2D eigenvalue weighted by atomic mass is 9.97. The van der Waals surface area contributed by atoms with Crippen LogP contribution in [0.1, 0.15) is 38.2 Å². The Morgan fingerprint density at radius 3 is 2.71 bits per heavy atom. The lowest BCUT2D eigenvalue weighted by molar-refractivity contribution is 0.578. The molecule has 1 fully saturated rings. The number of benzene rings is 1. The van der Waals surface area contributed by atoms with Gasteiger partial charge in [-0.1, -0.05) is 32.0 Å². The number of fused-ring (bicyclic) bond motifs is 1. The minimum atomic E-state index is -3.42. The molecule has 4 aromatic rings. The number of nitrogens with one attached hydrogen (secondary N) is 1. The summed E-state index contributed by atoms with van der Waals surface area (Å²) in [4.78, 5) is 13.3. The van der Waals surface area contributed by atoms with E-state index in [4.69, 9.17) is 0 Å². The molecule has 0 saturated heterocycles. The maximum atomic E-state index is 12.4. The Balaban J connectivity index is 1.44. The van der Waals surface area contributed by atoms with Crippen LogP contribution in [0.3, 0.4) is 0 Å². The molecule has 0 amide bonds. The molecule has 1 saturated carbocycles. The number of nitrogens with zero attached hydrogens (tertiary/aromatic N) is 5. The van der Waals surface area contributed by atoms with Crippen molar-refractivity contribution in [3.05, 3.63) is 60.7 Å². The van der Waals surface area contributed by atoms with Gasteiger partial charge in [0.05, 0.1) is 23.2 Å². The highest BCUT2D eigenvalue weighted by Gasteiger charge is 2.37. The first-order valence-corrected chi connectivity index (χ1v) is 11.7. The number of hydrogen-bond acceptors (Lipinski definition) is 7. The summed E-state index contributed by atoms with van der Waals surface area (Å²) in [6, 6.07) is 10.00. The molecule has 1 aromatic carbocycles. The van der Waals surface area contributed by atoms with Gasteiger partial charge in [0.1, 0.15) is 11.6 Å². The molecule has 1 aliphatic carbocycles. The smallest absolute Gasteiger partial charge is 0.256 e. The molecule has 5 rings (SSSR count). The van der Waals surface area contributed by atoms with Gasteiger partial charge in [-0.3, -0.25) is 0 Å². The molecule has 0 spiro atoms. The normalized spacial score (nSPS) is 14.3. The number of hydrogen-bond donors (Lipinski definition) is 1. The van der Waals surface area contributed by atoms with Crippen LogP contribution in [0.2, 0.25) is 0 Å². The van der Waals surface area contributed by atoms with Gasteiger partial charge in [-0.15, -0.1) is 0 Å². The van der Waals surface area contributed by atoms with Crippen LogP contribution < -0.4 is 5.32 Å². The third-order valence-corrected chi connectivity index (χ3v) is 7.39. The van der Waals surface area contributed by atoms with Crippen molar-refractivity contribution in [3.8, 4) is 11.4 Å². The molecule has 0 unspecified atom stereocenters. The zero-order chi connectivity index (χ0) is 21.6. The van der Waals surface area contributed by atoms with E-state index < -0.39 is 10.0 Å². The molecular formula is C22H22N6O2S. The van der Waals surface area contributed by atoms with Gasteiger partial charge < -0.3 is 5.32 Å². The van der Waals surface area contributed by atoms with Crippen molar-refractivity contribution >= 4 is 32.4 Å². The zero-order valence-corrected chi connectivity index (χ0v) is 18.0. The quantitative estimate of drug-likeness (QED) is 0.487. The predicted octanol–water partition coefficient (Wildman–Crippen LogP) is 4.10. The second-order valence-corrected chi connectivity index (χ2v) is 10.1. The third kappa shape index (κ3) is 3.76. The van der Waals surface area contributed by atoms with Gasteiger partial charge in [-0.2, -0.15) is 9.19 Å². The van der Waals surface area contributed by atoms with Crippen molar-refractivity contribution < 1.29 is 8.42 Å². The topological polar surface area (TPSA) is 103 Å². The molecule has 0 bridgehead atoms. The van der Waals surface area contributed by atoms with Crippen LogP contribution in [-0.4, -0.2) is 37.8 Å². The minimum absolute atomic E-state index is 0.330. The Kier molecular flexibility index (Phi) is 4.70. The molecule has 1 aliphatic rings. The van der Waals surface area contributed by atoms with Gasteiger partial charge in [-0.05, 0) is 41.8 Å². The summed E-state index contributed by atoms with van der Waals surface area (Å²) in [5.74, 6) is 2.04. The van der Waals surface area contributed by atoms with Crippen LogP contribution in [0.4, 0.5) is 11.6 Å². The molecule has 158 valence electrons. The molecule has 3 heterocycles. The number of rotatable bonds is 6. The molecule has 8 nitrogen and oxygen atoms in total. The van der Waals surface area contributed by atoms with E-state index in [1.54, 1.807) is 12.3 Å². The Morgan fingerprint density at radius 2 is 1.94 bits per heavy atom. The number of anilines is 2. The molecule has 0 aliphatic heterocycles. The van der Waals surface area contributed by atoms with Crippen molar-refractivity contribution in [1.29, 1.82) is 0 Å². The van der Waals surface area contributed by atoms with E-state index in [0.717, 1.165) is 14.9 Å². The van der Waals surface area contributed by atoms with Crippen LogP contribution in [-0.2, 0) is 10.0 Å². The highest BCUT2D eigenvalue weighted by molar-refractivity contribution is 7.90. The van der Waals surface area contributed by atoms with Crippen molar-refractivity contribution in [2.75, 3.05) is 5.32 Å². The SMILES string of the molecule is CC(C)c1cccc2cnc(Nc3ccnc(-c4cnn(S(=O)(=O)C5CC5)c4)n3)cc12. The number of pyridine rings is 1. The van der Waals surface area contributed by atoms with Gasteiger partial charge in [-0.25, -0.2) is 23.4 Å². The summed E-state index contributed by atoms with van der Waals surface area (Å²) in [5, 5.41) is 9.15. The lowest BCUT2D eigenvalue weighted by Gasteiger charge is -2.12.